The molecule has 0 fully saturated rings. The number of rotatable bonds is 4. The molecule has 26 heavy (non-hydrogen) atoms. The van der Waals surface area contributed by atoms with Gasteiger partial charge in [-0.25, -0.2) is 4.98 Å². The number of hydrogen-bond donors (Lipinski definition) is 0. The van der Waals surface area contributed by atoms with Crippen LogP contribution >= 0.6 is 0 Å². The molecular weight excluding hydrogens is 328 g/mol. The molecule has 130 valence electrons. The number of amides is 1. The number of imidazole rings is 1. The van der Waals surface area contributed by atoms with Gasteiger partial charge in [-0.2, -0.15) is 0 Å². The van der Waals surface area contributed by atoms with Crippen molar-refractivity contribution >= 4 is 16.9 Å². The van der Waals surface area contributed by atoms with E-state index in [2.05, 4.69) is 10.1 Å². The van der Waals surface area contributed by atoms with E-state index in [0.29, 0.717) is 12.1 Å². The van der Waals surface area contributed by atoms with Crippen LogP contribution < -0.4 is 0 Å². The largest absolute Gasteiger partial charge is 0.361 e. The Morgan fingerprint density at radius 1 is 1.15 bits per heavy atom. The first kappa shape index (κ1) is 16.1. The number of aryl methyl sites for hydroxylation is 1. The number of benzene rings is 2. The maximum absolute atomic E-state index is 12.6. The van der Waals surface area contributed by atoms with Gasteiger partial charge in [-0.15, -0.1) is 0 Å². The van der Waals surface area contributed by atoms with Crippen molar-refractivity contribution in [2.45, 2.75) is 13.5 Å². The zero-order chi connectivity index (χ0) is 18.1. The summed E-state index contributed by atoms with van der Waals surface area (Å²) in [4.78, 5) is 18.6. The molecule has 0 unspecified atom stereocenters. The van der Waals surface area contributed by atoms with Crippen molar-refractivity contribution in [3.05, 3.63) is 77.9 Å². The van der Waals surface area contributed by atoms with Crippen LogP contribution in [0.25, 0.3) is 16.7 Å². The first-order chi connectivity index (χ1) is 12.6. The molecule has 0 spiro atoms. The van der Waals surface area contributed by atoms with E-state index in [1.165, 1.54) is 0 Å². The van der Waals surface area contributed by atoms with Gasteiger partial charge >= 0.3 is 0 Å². The van der Waals surface area contributed by atoms with Gasteiger partial charge in [0.2, 0.25) is 0 Å². The number of nitrogens with zero attached hydrogens (tertiary/aromatic N) is 4. The van der Waals surface area contributed by atoms with Crippen LogP contribution in [0.2, 0.25) is 0 Å². The van der Waals surface area contributed by atoms with E-state index in [4.69, 9.17) is 4.52 Å². The van der Waals surface area contributed by atoms with Gasteiger partial charge in [0.05, 0.1) is 17.6 Å². The van der Waals surface area contributed by atoms with Crippen LogP contribution in [0.1, 0.15) is 21.8 Å². The lowest BCUT2D eigenvalue weighted by Crippen LogP contribution is -2.26. The smallest absolute Gasteiger partial charge is 0.253 e. The number of para-hydroxylation sites is 2. The Bertz CT molecular complexity index is 1060. The summed E-state index contributed by atoms with van der Waals surface area (Å²) in [5.74, 6) is 0.672. The summed E-state index contributed by atoms with van der Waals surface area (Å²) in [6.45, 7) is 2.24. The Labute approximate surface area is 150 Å². The van der Waals surface area contributed by atoms with Crippen LogP contribution in [0.3, 0.4) is 0 Å². The second-order valence-electron chi connectivity index (χ2n) is 6.24. The van der Waals surface area contributed by atoms with Crippen LogP contribution in [-0.2, 0) is 6.54 Å². The molecule has 0 saturated heterocycles. The monoisotopic (exact) mass is 346 g/mol. The fraction of sp³-hybridized carbons (Fsp3) is 0.150. The van der Waals surface area contributed by atoms with E-state index in [1.54, 1.807) is 18.3 Å². The summed E-state index contributed by atoms with van der Waals surface area (Å²) in [6.07, 6.45) is 1.79. The molecule has 2 aromatic heterocycles. The predicted molar refractivity (Wildman–Crippen MR) is 98.1 cm³/mol. The van der Waals surface area contributed by atoms with Crippen molar-refractivity contribution in [2.24, 2.45) is 0 Å². The van der Waals surface area contributed by atoms with E-state index in [1.807, 2.05) is 66.1 Å². The van der Waals surface area contributed by atoms with Crippen molar-refractivity contribution in [1.29, 1.82) is 0 Å². The predicted octanol–water partition coefficient (Wildman–Crippen LogP) is 3.59. The first-order valence-corrected chi connectivity index (χ1v) is 8.32. The molecule has 0 aliphatic rings. The highest BCUT2D eigenvalue weighted by atomic mass is 16.5. The average molecular weight is 346 g/mol. The molecule has 6 nitrogen and oxygen atoms in total. The van der Waals surface area contributed by atoms with E-state index in [-0.39, 0.29) is 5.91 Å². The van der Waals surface area contributed by atoms with E-state index in [0.717, 1.165) is 28.2 Å². The lowest BCUT2D eigenvalue weighted by Gasteiger charge is -2.16. The number of hydrogen-bond acceptors (Lipinski definition) is 4. The average Bonchev–Trinajstić information content (AvgIpc) is 3.27. The second-order valence-corrected chi connectivity index (χ2v) is 6.24. The van der Waals surface area contributed by atoms with Crippen molar-refractivity contribution in [3.8, 4) is 5.69 Å². The third-order valence-electron chi connectivity index (χ3n) is 4.27. The quantitative estimate of drug-likeness (QED) is 0.566. The maximum atomic E-state index is 12.6. The topological polar surface area (TPSA) is 64.2 Å². The van der Waals surface area contributed by atoms with Crippen LogP contribution in [0.15, 0.2) is 65.4 Å². The molecule has 0 radical (unpaired) electrons. The molecule has 2 aromatic carbocycles. The van der Waals surface area contributed by atoms with E-state index >= 15 is 0 Å². The zero-order valence-corrected chi connectivity index (χ0v) is 14.6. The van der Waals surface area contributed by atoms with E-state index < -0.39 is 0 Å². The molecule has 6 heteroatoms. The van der Waals surface area contributed by atoms with Crippen LogP contribution in [-0.4, -0.2) is 32.6 Å². The summed E-state index contributed by atoms with van der Waals surface area (Å²) >= 11 is 0. The summed E-state index contributed by atoms with van der Waals surface area (Å²) < 4.78 is 7.05. The highest BCUT2D eigenvalue weighted by Gasteiger charge is 2.14. The Hall–Kier alpha value is -3.41. The van der Waals surface area contributed by atoms with Gasteiger partial charge in [-0.3, -0.25) is 9.36 Å². The zero-order valence-electron chi connectivity index (χ0n) is 14.6. The van der Waals surface area contributed by atoms with Gasteiger partial charge in [0.15, 0.2) is 0 Å². The Balaban J connectivity index is 1.54. The molecule has 0 aliphatic heterocycles. The van der Waals surface area contributed by atoms with Gasteiger partial charge in [-0.05, 0) is 43.3 Å². The molecular formula is C20H18N4O2. The summed E-state index contributed by atoms with van der Waals surface area (Å²) in [5, 5.41) is 3.93. The highest BCUT2D eigenvalue weighted by Crippen LogP contribution is 2.19. The number of aromatic nitrogens is 3. The third kappa shape index (κ3) is 2.97. The minimum absolute atomic E-state index is 0.0623. The molecule has 0 aliphatic carbocycles. The van der Waals surface area contributed by atoms with Gasteiger partial charge in [0, 0.05) is 24.4 Å². The summed E-state index contributed by atoms with van der Waals surface area (Å²) in [5.41, 5.74) is 4.30. The standard InChI is InChI=1S/C20H18N4O2/c1-14-11-16(22-26-14)12-23(2)20(25)15-7-9-17(10-8-15)24-13-21-18-5-3-4-6-19(18)24/h3-11,13H,12H2,1-2H3. The van der Waals surface area contributed by atoms with Crippen molar-refractivity contribution in [3.63, 3.8) is 0 Å². The minimum Gasteiger partial charge on any atom is -0.361 e. The Kier molecular flexibility index (Phi) is 4.01. The Morgan fingerprint density at radius 3 is 2.65 bits per heavy atom. The van der Waals surface area contributed by atoms with Crippen LogP contribution in [0, 0.1) is 6.92 Å². The lowest BCUT2D eigenvalue weighted by atomic mass is 10.1. The minimum atomic E-state index is -0.0623. The Morgan fingerprint density at radius 2 is 1.92 bits per heavy atom. The van der Waals surface area contributed by atoms with Gasteiger partial charge in [-0.1, -0.05) is 17.3 Å². The SMILES string of the molecule is Cc1cc(CN(C)C(=O)c2ccc(-n3cnc4ccccc43)cc2)no1. The van der Waals surface area contributed by atoms with Crippen molar-refractivity contribution in [2.75, 3.05) is 7.05 Å². The number of carbonyl (C=O) groups excluding carboxylic acids is 1. The first-order valence-electron chi connectivity index (χ1n) is 8.32. The molecule has 0 atom stereocenters. The maximum Gasteiger partial charge on any atom is 0.253 e. The third-order valence-corrected chi connectivity index (χ3v) is 4.27. The normalized spacial score (nSPS) is 11.0. The van der Waals surface area contributed by atoms with E-state index in [9.17, 15) is 4.79 Å². The number of fused-ring (bicyclic) bond motifs is 1. The fourth-order valence-corrected chi connectivity index (χ4v) is 2.96. The number of carbonyl (C=O) groups is 1. The summed E-state index contributed by atoms with van der Waals surface area (Å²) in [7, 11) is 1.75. The van der Waals surface area contributed by atoms with Crippen LogP contribution in [0.5, 0.6) is 0 Å². The molecule has 0 bridgehead atoms. The molecule has 4 rings (SSSR count). The molecule has 2 heterocycles. The van der Waals surface area contributed by atoms with Gasteiger partial charge in [0.25, 0.3) is 5.91 Å². The summed E-state index contributed by atoms with van der Waals surface area (Å²) in [6, 6.07) is 17.3. The van der Waals surface area contributed by atoms with Gasteiger partial charge in [0.1, 0.15) is 17.8 Å². The van der Waals surface area contributed by atoms with Gasteiger partial charge < -0.3 is 9.42 Å². The van der Waals surface area contributed by atoms with Crippen molar-refractivity contribution < 1.29 is 9.32 Å². The second kappa shape index (κ2) is 6.48. The lowest BCUT2D eigenvalue weighted by molar-refractivity contribution is 0.0782. The molecule has 1 amide bonds. The van der Waals surface area contributed by atoms with Crippen LogP contribution in [0.4, 0.5) is 0 Å². The fourth-order valence-electron chi connectivity index (χ4n) is 2.96. The van der Waals surface area contributed by atoms with Crippen molar-refractivity contribution in [1.82, 2.24) is 19.6 Å². The molecule has 0 saturated carbocycles. The highest BCUT2D eigenvalue weighted by molar-refractivity contribution is 5.94. The molecule has 0 N–H and O–H groups in total. The molecule has 4 aromatic rings.